The fraction of sp³-hybridized carbons (Fsp3) is 0.0800. The Morgan fingerprint density at radius 3 is 2.58 bits per heavy atom. The molecule has 4 nitrogen and oxygen atoms in total. The summed E-state index contributed by atoms with van der Waals surface area (Å²) in [5.74, 6) is 1.20. The predicted molar refractivity (Wildman–Crippen MR) is 124 cm³/mol. The van der Waals surface area contributed by atoms with Crippen LogP contribution in [0.1, 0.15) is 21.9 Å². The van der Waals surface area contributed by atoms with Gasteiger partial charge in [-0.25, -0.2) is 0 Å². The maximum Gasteiger partial charge on any atom is 0.291 e. The van der Waals surface area contributed by atoms with Gasteiger partial charge in [0.2, 0.25) is 0 Å². The molecule has 4 aromatic rings. The first-order chi connectivity index (χ1) is 15.1. The number of para-hydroxylation sites is 1. The van der Waals surface area contributed by atoms with Gasteiger partial charge in [-0.2, -0.15) is 0 Å². The second kappa shape index (κ2) is 9.77. The van der Waals surface area contributed by atoms with Gasteiger partial charge in [-0.3, -0.25) is 4.79 Å². The fourth-order valence-corrected chi connectivity index (χ4v) is 4.11. The Hall–Kier alpha value is -3.15. The number of hydrogen-bond donors (Lipinski definition) is 1. The van der Waals surface area contributed by atoms with E-state index in [1.165, 1.54) is 0 Å². The van der Waals surface area contributed by atoms with Crippen LogP contribution in [-0.2, 0) is 6.61 Å². The van der Waals surface area contributed by atoms with Crippen LogP contribution in [0.2, 0.25) is 5.02 Å². The molecule has 4 rings (SSSR count). The van der Waals surface area contributed by atoms with Crippen LogP contribution < -0.4 is 10.1 Å². The van der Waals surface area contributed by atoms with Gasteiger partial charge in [-0.1, -0.05) is 53.7 Å². The van der Waals surface area contributed by atoms with E-state index in [4.69, 9.17) is 20.8 Å². The van der Waals surface area contributed by atoms with Gasteiger partial charge in [0, 0.05) is 14.8 Å². The highest BCUT2D eigenvalue weighted by Gasteiger charge is 2.14. The van der Waals surface area contributed by atoms with Crippen molar-refractivity contribution in [3.05, 3.63) is 107 Å². The molecule has 0 saturated carbocycles. The van der Waals surface area contributed by atoms with Crippen molar-refractivity contribution in [2.75, 3.05) is 5.32 Å². The lowest BCUT2D eigenvalue weighted by Gasteiger charge is -2.10. The number of furan rings is 1. The molecular weight excluding hydrogens is 430 g/mol. The first-order valence-corrected chi connectivity index (χ1v) is 10.9. The zero-order valence-electron chi connectivity index (χ0n) is 16.8. The SMILES string of the molecule is Cc1cc(Cl)ccc1OCc1ccc(C(=O)Nc2ccccc2Sc2ccccc2)o1. The largest absolute Gasteiger partial charge is 0.485 e. The smallest absolute Gasteiger partial charge is 0.291 e. The minimum Gasteiger partial charge on any atom is -0.485 e. The Kier molecular flexibility index (Phi) is 6.65. The number of aryl methyl sites for hydroxylation is 1. The standard InChI is InChI=1S/C25H20ClNO3S/c1-17-15-18(26)11-13-22(17)29-16-19-12-14-23(30-19)25(28)27-21-9-5-6-10-24(21)31-20-7-3-2-4-8-20/h2-15H,16H2,1H3,(H,27,28). The minimum absolute atomic E-state index is 0.218. The highest BCUT2D eigenvalue weighted by molar-refractivity contribution is 7.99. The normalized spacial score (nSPS) is 10.6. The van der Waals surface area contributed by atoms with Crippen molar-refractivity contribution in [3.63, 3.8) is 0 Å². The molecule has 0 radical (unpaired) electrons. The second-order valence-electron chi connectivity index (χ2n) is 6.83. The van der Waals surface area contributed by atoms with Crippen LogP contribution in [0.3, 0.4) is 0 Å². The second-order valence-corrected chi connectivity index (χ2v) is 8.38. The summed E-state index contributed by atoms with van der Waals surface area (Å²) < 4.78 is 11.5. The van der Waals surface area contributed by atoms with Crippen LogP contribution in [0.4, 0.5) is 5.69 Å². The zero-order valence-corrected chi connectivity index (χ0v) is 18.4. The molecule has 0 bridgehead atoms. The molecule has 3 aromatic carbocycles. The molecule has 156 valence electrons. The summed E-state index contributed by atoms with van der Waals surface area (Å²) >= 11 is 7.57. The lowest BCUT2D eigenvalue weighted by atomic mass is 10.2. The molecule has 31 heavy (non-hydrogen) atoms. The number of nitrogens with one attached hydrogen (secondary N) is 1. The summed E-state index contributed by atoms with van der Waals surface area (Å²) in [5.41, 5.74) is 1.66. The fourth-order valence-electron chi connectivity index (χ4n) is 2.96. The van der Waals surface area contributed by atoms with Gasteiger partial charge in [0.15, 0.2) is 5.76 Å². The number of carbonyl (C=O) groups excluding carboxylic acids is 1. The van der Waals surface area contributed by atoms with Crippen molar-refractivity contribution in [1.29, 1.82) is 0 Å². The number of hydrogen-bond acceptors (Lipinski definition) is 4. The van der Waals surface area contributed by atoms with Crippen molar-refractivity contribution in [2.45, 2.75) is 23.3 Å². The molecular formula is C25H20ClNO3S. The van der Waals surface area contributed by atoms with Gasteiger partial charge in [0.1, 0.15) is 18.1 Å². The molecule has 1 heterocycles. The van der Waals surface area contributed by atoms with Gasteiger partial charge in [-0.05, 0) is 67.1 Å². The van der Waals surface area contributed by atoms with E-state index < -0.39 is 0 Å². The molecule has 0 unspecified atom stereocenters. The Morgan fingerprint density at radius 2 is 1.77 bits per heavy atom. The number of anilines is 1. The zero-order chi connectivity index (χ0) is 21.6. The van der Waals surface area contributed by atoms with E-state index in [9.17, 15) is 4.79 Å². The van der Waals surface area contributed by atoms with Gasteiger partial charge in [0.05, 0.1) is 5.69 Å². The molecule has 0 spiro atoms. The summed E-state index contributed by atoms with van der Waals surface area (Å²) in [4.78, 5) is 14.8. The van der Waals surface area contributed by atoms with E-state index >= 15 is 0 Å². The third-order valence-corrected chi connectivity index (χ3v) is 5.82. The average molecular weight is 450 g/mol. The molecule has 1 amide bonds. The minimum atomic E-state index is -0.310. The van der Waals surface area contributed by atoms with Crippen LogP contribution in [0.5, 0.6) is 5.75 Å². The molecule has 0 aliphatic carbocycles. The summed E-state index contributed by atoms with van der Waals surface area (Å²) in [7, 11) is 0. The maximum absolute atomic E-state index is 12.7. The third-order valence-electron chi connectivity index (χ3n) is 4.50. The summed E-state index contributed by atoms with van der Waals surface area (Å²) in [6.45, 7) is 2.14. The van der Waals surface area contributed by atoms with E-state index in [0.29, 0.717) is 10.8 Å². The Bertz CT molecular complexity index is 1190. The van der Waals surface area contributed by atoms with Crippen molar-refractivity contribution < 1.29 is 13.9 Å². The topological polar surface area (TPSA) is 51.5 Å². The van der Waals surface area contributed by atoms with Gasteiger partial charge >= 0.3 is 0 Å². The van der Waals surface area contributed by atoms with Crippen LogP contribution in [0.15, 0.2) is 99.1 Å². The third kappa shape index (κ3) is 5.51. The summed E-state index contributed by atoms with van der Waals surface area (Å²) in [5, 5.41) is 3.60. The molecule has 0 saturated heterocycles. The number of ether oxygens (including phenoxy) is 1. The van der Waals surface area contributed by atoms with Crippen molar-refractivity contribution in [3.8, 4) is 5.75 Å². The number of benzene rings is 3. The van der Waals surface area contributed by atoms with E-state index in [1.54, 1.807) is 30.0 Å². The first-order valence-electron chi connectivity index (χ1n) is 9.69. The molecule has 1 N–H and O–H groups in total. The molecule has 6 heteroatoms. The van der Waals surface area contributed by atoms with Gasteiger partial charge in [0.25, 0.3) is 5.91 Å². The van der Waals surface area contributed by atoms with Crippen LogP contribution in [0, 0.1) is 6.92 Å². The van der Waals surface area contributed by atoms with Gasteiger partial charge < -0.3 is 14.5 Å². The van der Waals surface area contributed by atoms with Crippen molar-refractivity contribution in [1.82, 2.24) is 0 Å². The van der Waals surface area contributed by atoms with Crippen LogP contribution >= 0.6 is 23.4 Å². The van der Waals surface area contributed by atoms with Crippen molar-refractivity contribution >= 4 is 35.0 Å². The van der Waals surface area contributed by atoms with E-state index in [1.807, 2.05) is 73.7 Å². The van der Waals surface area contributed by atoms with Crippen LogP contribution in [-0.4, -0.2) is 5.91 Å². The first kappa shape index (κ1) is 21.1. The average Bonchev–Trinajstić information content (AvgIpc) is 3.24. The summed E-state index contributed by atoms with van der Waals surface area (Å²) in [6.07, 6.45) is 0. The van der Waals surface area contributed by atoms with E-state index in [-0.39, 0.29) is 18.3 Å². The molecule has 0 atom stereocenters. The Balaban J connectivity index is 1.41. The van der Waals surface area contributed by atoms with Crippen molar-refractivity contribution in [2.24, 2.45) is 0 Å². The van der Waals surface area contributed by atoms with Gasteiger partial charge in [-0.15, -0.1) is 0 Å². The summed E-state index contributed by atoms with van der Waals surface area (Å²) in [6, 6.07) is 26.5. The molecule has 0 aliphatic heterocycles. The highest BCUT2D eigenvalue weighted by atomic mass is 35.5. The Labute approximate surface area is 190 Å². The Morgan fingerprint density at radius 1 is 1.00 bits per heavy atom. The lowest BCUT2D eigenvalue weighted by Crippen LogP contribution is -2.11. The number of halogens is 1. The van der Waals surface area contributed by atoms with Crippen LogP contribution in [0.25, 0.3) is 0 Å². The predicted octanol–water partition coefficient (Wildman–Crippen LogP) is 7.22. The molecule has 0 fully saturated rings. The molecule has 1 aromatic heterocycles. The number of carbonyl (C=O) groups is 1. The molecule has 0 aliphatic rings. The highest BCUT2D eigenvalue weighted by Crippen LogP contribution is 2.33. The van der Waals surface area contributed by atoms with E-state index in [2.05, 4.69) is 5.32 Å². The lowest BCUT2D eigenvalue weighted by molar-refractivity contribution is 0.0992. The number of rotatable bonds is 7. The van der Waals surface area contributed by atoms with E-state index in [0.717, 1.165) is 26.8 Å². The monoisotopic (exact) mass is 449 g/mol. The maximum atomic E-state index is 12.7. The number of amides is 1. The quantitative estimate of drug-likeness (QED) is 0.323.